The van der Waals surface area contributed by atoms with Crippen molar-refractivity contribution in [3.8, 4) is 0 Å². The van der Waals surface area contributed by atoms with E-state index in [1.807, 2.05) is 0 Å². The van der Waals surface area contributed by atoms with Crippen molar-refractivity contribution < 1.29 is 103 Å². The van der Waals surface area contributed by atoms with Gasteiger partial charge in [0.2, 0.25) is 18.9 Å². The van der Waals surface area contributed by atoms with E-state index in [-0.39, 0.29) is 16.7 Å². The van der Waals surface area contributed by atoms with E-state index in [0.717, 1.165) is 24.3 Å². The highest BCUT2D eigenvalue weighted by Crippen LogP contribution is 2.50. The zero-order valence-corrected chi connectivity index (χ0v) is 30.2. The van der Waals surface area contributed by atoms with Crippen LogP contribution >= 0.6 is 11.8 Å². The number of carbonyl (C=O) groups is 3. The quantitative estimate of drug-likeness (QED) is 0.0542. The molecular formula is C34H42O21S. The van der Waals surface area contributed by atoms with Crippen molar-refractivity contribution in [1.29, 1.82) is 0 Å². The van der Waals surface area contributed by atoms with Crippen molar-refractivity contribution in [3.63, 3.8) is 0 Å². The molecule has 22 heteroatoms. The highest BCUT2D eigenvalue weighted by molar-refractivity contribution is 8.12. The monoisotopic (exact) mass is 818 g/mol. The number of hydrogen-bond acceptors (Lipinski definition) is 22. The first-order valence-electron chi connectivity index (χ1n) is 17.6. The third-order valence-corrected chi connectivity index (χ3v) is 11.4. The zero-order chi connectivity index (χ0) is 40.2. The lowest BCUT2D eigenvalue weighted by molar-refractivity contribution is -0.342. The molecule has 2 aliphatic carbocycles. The summed E-state index contributed by atoms with van der Waals surface area (Å²) in [5.41, 5.74) is 0.454. The molecule has 7 aliphatic rings. The van der Waals surface area contributed by atoms with E-state index < -0.39 is 154 Å². The van der Waals surface area contributed by atoms with E-state index in [9.17, 15) is 60.3 Å². The lowest BCUT2D eigenvalue weighted by atomic mass is 9.82. The van der Waals surface area contributed by atoms with Gasteiger partial charge in [0.1, 0.15) is 55.4 Å². The number of fused-ring (bicyclic) bond motifs is 1. The number of aliphatic hydroxyl groups is 9. The Morgan fingerprint density at radius 2 is 1.36 bits per heavy atom. The second-order valence-corrected chi connectivity index (χ2v) is 14.8. The van der Waals surface area contributed by atoms with Gasteiger partial charge in [-0.1, -0.05) is 6.08 Å². The van der Waals surface area contributed by atoms with Crippen LogP contribution in [0.1, 0.15) is 0 Å². The molecule has 9 N–H and O–H groups in total. The van der Waals surface area contributed by atoms with Crippen molar-refractivity contribution in [2.45, 2.75) is 86.2 Å². The molecule has 18 atom stereocenters. The van der Waals surface area contributed by atoms with E-state index in [4.69, 9.17) is 42.6 Å². The molecule has 0 aromatic carbocycles. The summed E-state index contributed by atoms with van der Waals surface area (Å²) in [6.45, 7) is -2.43. The summed E-state index contributed by atoms with van der Waals surface area (Å²) in [4.78, 5) is 38.5. The molecule has 0 aromatic rings. The number of hydrogen-bond donors (Lipinski definition) is 9. The number of esters is 2. The minimum absolute atomic E-state index is 0.195. The summed E-state index contributed by atoms with van der Waals surface area (Å²) < 4.78 is 50.9. The van der Waals surface area contributed by atoms with Crippen LogP contribution in [0.2, 0.25) is 0 Å². The van der Waals surface area contributed by atoms with Gasteiger partial charge in [-0.2, -0.15) is 0 Å². The average molecular weight is 819 g/mol. The third-order valence-electron chi connectivity index (χ3n) is 11.0. The number of aliphatic hydroxyl groups excluding tert-OH is 9. The van der Waals surface area contributed by atoms with Crippen LogP contribution in [0.15, 0.2) is 47.0 Å². The topological polar surface area (TPSA) is 316 Å². The molecule has 3 fully saturated rings. The minimum Gasteiger partial charge on any atom is -0.471 e. The molecule has 5 aliphatic heterocycles. The maximum Gasteiger partial charge on any atom is 0.367 e. The Hall–Kier alpha value is -3.20. The van der Waals surface area contributed by atoms with Gasteiger partial charge in [-0.15, -0.1) is 0 Å². The minimum atomic E-state index is -1.94. The van der Waals surface area contributed by atoms with Crippen LogP contribution in [0.3, 0.4) is 0 Å². The second-order valence-electron chi connectivity index (χ2n) is 14.0. The van der Waals surface area contributed by atoms with Crippen molar-refractivity contribution in [3.05, 3.63) is 47.0 Å². The van der Waals surface area contributed by atoms with Gasteiger partial charge in [0.25, 0.3) is 0 Å². The molecule has 0 spiro atoms. The van der Waals surface area contributed by atoms with Crippen LogP contribution < -0.4 is 0 Å². The van der Waals surface area contributed by atoms with Crippen molar-refractivity contribution in [2.24, 2.45) is 23.7 Å². The molecular weight excluding hydrogens is 776 g/mol. The molecule has 0 amide bonds. The molecule has 0 bridgehead atoms. The lowest BCUT2D eigenvalue weighted by Crippen LogP contribution is -2.61. The highest BCUT2D eigenvalue weighted by atomic mass is 32.2. The third kappa shape index (κ3) is 7.25. The Morgan fingerprint density at radius 3 is 2.02 bits per heavy atom. The average Bonchev–Trinajstić information content (AvgIpc) is 3.84. The smallest absolute Gasteiger partial charge is 0.367 e. The van der Waals surface area contributed by atoms with Crippen LogP contribution in [0, 0.1) is 23.7 Å². The standard InChI is InChI=1S/C34H42O21S/c1-56-34(46)49-7-11-2-14(38)20-12(8-47-31(19(11)20)54-32-26(43)24(41)22(39)16(5-36)51-32)29(45)53-27-25(42)23(40)17(6-37)52-33(27)55-30-18-10(4-35)3-15-21(18)13(9-48-30)28(44)50-15/h2-3,8-9,14-27,30-33,35-43H,4-7H2,1H3/t14-,15-,16+,17+,18+,19+,20-,21-,22+,23+,24-,25-,26+,27+,30-,31-,32-,33-/m0/s1. The van der Waals surface area contributed by atoms with Crippen molar-refractivity contribution in [2.75, 3.05) is 32.7 Å². The number of ether oxygens (including phenoxy) is 9. The maximum atomic E-state index is 14.1. The van der Waals surface area contributed by atoms with Gasteiger partial charge in [0.05, 0.1) is 61.4 Å². The second kappa shape index (κ2) is 16.6. The normalized spacial score (nSPS) is 43.9. The van der Waals surface area contributed by atoms with Gasteiger partial charge in [-0.3, -0.25) is 0 Å². The zero-order valence-electron chi connectivity index (χ0n) is 29.4. The number of thioether (sulfide) groups is 1. The first-order valence-corrected chi connectivity index (χ1v) is 18.8. The predicted molar refractivity (Wildman–Crippen MR) is 177 cm³/mol. The van der Waals surface area contributed by atoms with E-state index in [0.29, 0.717) is 5.57 Å². The van der Waals surface area contributed by atoms with Crippen LogP contribution in [-0.4, -0.2) is 182 Å². The van der Waals surface area contributed by atoms with Gasteiger partial charge in [-0.25, -0.2) is 14.4 Å². The molecule has 0 unspecified atom stereocenters. The molecule has 0 saturated carbocycles. The Bertz CT molecular complexity index is 1650. The van der Waals surface area contributed by atoms with E-state index in [1.54, 1.807) is 6.08 Å². The van der Waals surface area contributed by atoms with Gasteiger partial charge in [0.15, 0.2) is 12.4 Å². The highest BCUT2D eigenvalue weighted by Gasteiger charge is 2.58. The molecule has 0 radical (unpaired) electrons. The molecule has 0 aromatic heterocycles. The summed E-state index contributed by atoms with van der Waals surface area (Å²) in [5, 5.41) is 93.4. The largest absolute Gasteiger partial charge is 0.471 e. The first-order chi connectivity index (χ1) is 26.8. The Balaban J connectivity index is 1.14. The SMILES string of the molecule is CSC(=O)OCC1=C[C@H](O)[C@@H]2C(C(=O)O[C@H]3[C@H](O[C@@H]4OC=C5C(=O)O[C@H]6C=C(CO)[C@@H]4[C@@H]56)O[C@H](CO)[C@@H](O)[C@@H]3O)=CO[C@@H](O[C@@H]3O[C@H](CO)[C@@H](O)[C@H](O)[C@H]3O)[C@H]12. The van der Waals surface area contributed by atoms with Crippen LogP contribution in [0.4, 0.5) is 4.79 Å². The fourth-order valence-electron chi connectivity index (χ4n) is 8.11. The molecule has 56 heavy (non-hydrogen) atoms. The summed E-state index contributed by atoms with van der Waals surface area (Å²) in [6.07, 6.45) is -15.9. The van der Waals surface area contributed by atoms with Crippen LogP contribution in [0.5, 0.6) is 0 Å². The molecule has 7 rings (SSSR count). The summed E-state index contributed by atoms with van der Waals surface area (Å²) in [6, 6.07) is 0. The van der Waals surface area contributed by atoms with E-state index in [1.165, 1.54) is 12.3 Å². The van der Waals surface area contributed by atoms with Gasteiger partial charge >= 0.3 is 17.2 Å². The summed E-state index contributed by atoms with van der Waals surface area (Å²) >= 11 is 0.761. The van der Waals surface area contributed by atoms with Gasteiger partial charge in [-0.05, 0) is 35.2 Å². The first kappa shape index (κ1) is 41.0. The van der Waals surface area contributed by atoms with Crippen LogP contribution in [0.25, 0.3) is 0 Å². The predicted octanol–water partition coefficient (Wildman–Crippen LogP) is -4.23. The van der Waals surface area contributed by atoms with E-state index >= 15 is 0 Å². The van der Waals surface area contributed by atoms with Crippen molar-refractivity contribution in [1.82, 2.24) is 0 Å². The Morgan fingerprint density at radius 1 is 0.732 bits per heavy atom. The molecule has 5 heterocycles. The van der Waals surface area contributed by atoms with Crippen LogP contribution in [-0.2, 0) is 52.2 Å². The van der Waals surface area contributed by atoms with E-state index in [2.05, 4.69) is 0 Å². The Labute approximate surface area is 321 Å². The number of rotatable bonds is 11. The molecule has 310 valence electrons. The van der Waals surface area contributed by atoms with Crippen molar-refractivity contribution >= 4 is 29.0 Å². The number of carbonyl (C=O) groups excluding carboxylic acids is 3. The fourth-order valence-corrected chi connectivity index (χ4v) is 8.29. The van der Waals surface area contributed by atoms with Gasteiger partial charge < -0.3 is 88.6 Å². The maximum absolute atomic E-state index is 14.1. The summed E-state index contributed by atoms with van der Waals surface area (Å²) in [5.74, 6) is -5.68. The van der Waals surface area contributed by atoms with Gasteiger partial charge in [0, 0.05) is 11.8 Å². The fraction of sp³-hybridized carbons (Fsp3) is 0.676. The molecule has 21 nitrogen and oxygen atoms in total. The lowest BCUT2D eigenvalue weighted by Gasteiger charge is -2.44. The Kier molecular flexibility index (Phi) is 12.1. The molecule has 3 saturated heterocycles. The summed E-state index contributed by atoms with van der Waals surface area (Å²) in [7, 11) is 0.